The Balaban J connectivity index is 0.00000169. The van der Waals surface area contributed by atoms with E-state index in [1.807, 2.05) is 24.3 Å². The summed E-state index contributed by atoms with van der Waals surface area (Å²) >= 11 is 0. The number of hydrogen-bond donors (Lipinski definition) is 1. The molecule has 0 amide bonds. The Labute approximate surface area is 89.7 Å². The molecule has 0 aliphatic rings. The van der Waals surface area contributed by atoms with E-state index in [0.717, 1.165) is 11.1 Å². The number of hydrogen-bond acceptors (Lipinski definition) is 3. The van der Waals surface area contributed by atoms with E-state index in [1.54, 1.807) is 0 Å². The molecule has 4 heteroatoms. The van der Waals surface area contributed by atoms with Gasteiger partial charge in [0.15, 0.2) is 0 Å². The van der Waals surface area contributed by atoms with Crippen molar-refractivity contribution in [1.82, 2.24) is 0 Å². The van der Waals surface area contributed by atoms with E-state index in [4.69, 9.17) is 10.5 Å². The minimum absolute atomic E-state index is 0. The first-order valence-corrected chi connectivity index (χ1v) is 4.13. The first-order valence-electron chi connectivity index (χ1n) is 4.13. The van der Waals surface area contributed by atoms with Gasteiger partial charge in [-0.05, 0) is 11.1 Å². The largest absolute Gasteiger partial charge is 0.461 e. The molecule has 0 unspecified atom stereocenters. The standard InChI is InChI=1S/C10H13NO2.ClH/c1-8(12)13-7-10-4-2-3-9(5-10)6-11;/h2-5H,6-7,11H2,1H3;1H. The molecule has 0 bridgehead atoms. The SMILES string of the molecule is CC(=O)OCc1cccc(CN)c1.Cl. The number of esters is 1. The number of halogens is 1. The maximum absolute atomic E-state index is 10.5. The zero-order chi connectivity index (χ0) is 9.68. The Morgan fingerprint density at radius 2 is 2.07 bits per heavy atom. The van der Waals surface area contributed by atoms with Gasteiger partial charge < -0.3 is 10.5 Å². The fraction of sp³-hybridized carbons (Fsp3) is 0.300. The van der Waals surface area contributed by atoms with Crippen LogP contribution in [-0.4, -0.2) is 5.97 Å². The van der Waals surface area contributed by atoms with Gasteiger partial charge in [-0.2, -0.15) is 0 Å². The molecule has 0 aliphatic heterocycles. The van der Waals surface area contributed by atoms with Crippen molar-refractivity contribution < 1.29 is 9.53 Å². The van der Waals surface area contributed by atoms with E-state index >= 15 is 0 Å². The molecule has 1 aromatic carbocycles. The lowest BCUT2D eigenvalue weighted by Gasteiger charge is -2.03. The summed E-state index contributed by atoms with van der Waals surface area (Å²) in [4.78, 5) is 10.5. The molecule has 0 radical (unpaired) electrons. The normalized spacial score (nSPS) is 9.00. The minimum atomic E-state index is -0.266. The quantitative estimate of drug-likeness (QED) is 0.780. The van der Waals surface area contributed by atoms with Crippen LogP contribution in [-0.2, 0) is 22.7 Å². The average molecular weight is 216 g/mol. The highest BCUT2D eigenvalue weighted by Crippen LogP contribution is 2.05. The molecule has 0 aliphatic carbocycles. The van der Waals surface area contributed by atoms with Gasteiger partial charge in [-0.25, -0.2) is 0 Å². The molecule has 0 aromatic heterocycles. The second-order valence-corrected chi connectivity index (χ2v) is 2.80. The van der Waals surface area contributed by atoms with Crippen molar-refractivity contribution in [3.63, 3.8) is 0 Å². The van der Waals surface area contributed by atoms with E-state index in [1.165, 1.54) is 6.92 Å². The van der Waals surface area contributed by atoms with Crippen LogP contribution >= 0.6 is 12.4 Å². The first kappa shape index (κ1) is 12.9. The van der Waals surface area contributed by atoms with Crippen LogP contribution in [0.1, 0.15) is 18.1 Å². The lowest BCUT2D eigenvalue weighted by molar-refractivity contribution is -0.142. The van der Waals surface area contributed by atoms with Gasteiger partial charge in [0.1, 0.15) is 6.61 Å². The van der Waals surface area contributed by atoms with E-state index in [9.17, 15) is 4.79 Å². The molecule has 1 rings (SSSR count). The van der Waals surface area contributed by atoms with Crippen molar-refractivity contribution in [3.05, 3.63) is 35.4 Å². The fourth-order valence-corrected chi connectivity index (χ4v) is 1.03. The average Bonchev–Trinajstić information content (AvgIpc) is 2.15. The van der Waals surface area contributed by atoms with Crippen molar-refractivity contribution in [1.29, 1.82) is 0 Å². The maximum atomic E-state index is 10.5. The predicted molar refractivity (Wildman–Crippen MR) is 57.1 cm³/mol. The molecule has 0 fully saturated rings. The van der Waals surface area contributed by atoms with Gasteiger partial charge in [0.25, 0.3) is 0 Å². The van der Waals surface area contributed by atoms with E-state index < -0.39 is 0 Å². The monoisotopic (exact) mass is 215 g/mol. The van der Waals surface area contributed by atoms with Gasteiger partial charge in [-0.15, -0.1) is 12.4 Å². The second-order valence-electron chi connectivity index (χ2n) is 2.80. The highest BCUT2D eigenvalue weighted by atomic mass is 35.5. The lowest BCUT2D eigenvalue weighted by atomic mass is 10.1. The molecular weight excluding hydrogens is 202 g/mol. The topological polar surface area (TPSA) is 52.3 Å². The Kier molecular flexibility index (Phi) is 5.92. The first-order chi connectivity index (χ1) is 6.22. The van der Waals surface area contributed by atoms with Crippen LogP contribution in [0.5, 0.6) is 0 Å². The summed E-state index contributed by atoms with van der Waals surface area (Å²) < 4.78 is 4.85. The van der Waals surface area contributed by atoms with E-state index in [2.05, 4.69) is 0 Å². The number of rotatable bonds is 3. The van der Waals surface area contributed by atoms with Gasteiger partial charge in [0, 0.05) is 13.5 Å². The highest BCUT2D eigenvalue weighted by Gasteiger charge is 1.96. The molecule has 0 saturated carbocycles. The molecule has 78 valence electrons. The minimum Gasteiger partial charge on any atom is -0.461 e. The van der Waals surface area contributed by atoms with Crippen LogP contribution < -0.4 is 5.73 Å². The Morgan fingerprint density at radius 3 is 2.64 bits per heavy atom. The van der Waals surface area contributed by atoms with Gasteiger partial charge in [-0.3, -0.25) is 4.79 Å². The zero-order valence-corrected chi connectivity index (χ0v) is 8.84. The molecule has 2 N–H and O–H groups in total. The third kappa shape index (κ3) is 4.25. The smallest absolute Gasteiger partial charge is 0.302 e. The van der Waals surface area contributed by atoms with Crippen LogP contribution in [0.25, 0.3) is 0 Å². The Morgan fingerprint density at radius 1 is 1.43 bits per heavy atom. The molecule has 1 aromatic rings. The number of nitrogens with two attached hydrogens (primary N) is 1. The van der Waals surface area contributed by atoms with Gasteiger partial charge in [0.2, 0.25) is 0 Å². The summed E-state index contributed by atoms with van der Waals surface area (Å²) in [5.74, 6) is -0.266. The molecule has 14 heavy (non-hydrogen) atoms. The van der Waals surface area contributed by atoms with Crippen LogP contribution in [0.2, 0.25) is 0 Å². The van der Waals surface area contributed by atoms with Crippen LogP contribution in [0, 0.1) is 0 Å². The molecular formula is C10H14ClNO2. The Bertz CT molecular complexity index is 302. The summed E-state index contributed by atoms with van der Waals surface area (Å²) in [6.07, 6.45) is 0. The van der Waals surface area contributed by atoms with Crippen molar-refractivity contribution in [3.8, 4) is 0 Å². The number of ether oxygens (including phenoxy) is 1. The maximum Gasteiger partial charge on any atom is 0.302 e. The summed E-state index contributed by atoms with van der Waals surface area (Å²) in [6, 6.07) is 7.68. The van der Waals surface area contributed by atoms with E-state index in [-0.39, 0.29) is 18.4 Å². The fourth-order valence-electron chi connectivity index (χ4n) is 1.03. The van der Waals surface area contributed by atoms with Gasteiger partial charge in [-0.1, -0.05) is 24.3 Å². The number of benzene rings is 1. The molecule has 0 heterocycles. The zero-order valence-electron chi connectivity index (χ0n) is 8.03. The van der Waals surface area contributed by atoms with Crippen molar-refractivity contribution in [2.24, 2.45) is 5.73 Å². The van der Waals surface area contributed by atoms with Crippen LogP contribution in [0.4, 0.5) is 0 Å². The van der Waals surface area contributed by atoms with E-state index in [0.29, 0.717) is 13.2 Å². The summed E-state index contributed by atoms with van der Waals surface area (Å²) in [6.45, 7) is 2.23. The Hall–Kier alpha value is -1.06. The number of carbonyl (C=O) groups is 1. The van der Waals surface area contributed by atoms with Crippen molar-refractivity contribution in [2.45, 2.75) is 20.1 Å². The van der Waals surface area contributed by atoms with Crippen LogP contribution in [0.15, 0.2) is 24.3 Å². The lowest BCUT2D eigenvalue weighted by Crippen LogP contribution is -2.01. The van der Waals surface area contributed by atoms with Gasteiger partial charge >= 0.3 is 5.97 Å². The summed E-state index contributed by atoms with van der Waals surface area (Å²) in [5.41, 5.74) is 7.48. The summed E-state index contributed by atoms with van der Waals surface area (Å²) in [5, 5.41) is 0. The molecule has 3 nitrogen and oxygen atoms in total. The molecule has 0 saturated heterocycles. The second kappa shape index (κ2) is 6.40. The van der Waals surface area contributed by atoms with Gasteiger partial charge in [0.05, 0.1) is 0 Å². The van der Waals surface area contributed by atoms with Crippen molar-refractivity contribution in [2.75, 3.05) is 0 Å². The van der Waals surface area contributed by atoms with Crippen molar-refractivity contribution >= 4 is 18.4 Å². The molecule has 0 spiro atoms. The highest BCUT2D eigenvalue weighted by molar-refractivity contribution is 5.85. The predicted octanol–water partition coefficient (Wildman–Crippen LogP) is 1.63. The summed E-state index contributed by atoms with van der Waals surface area (Å²) in [7, 11) is 0. The molecule has 0 atom stereocenters. The number of carbonyl (C=O) groups excluding carboxylic acids is 1. The third-order valence-electron chi connectivity index (χ3n) is 1.67. The third-order valence-corrected chi connectivity index (χ3v) is 1.67. The van der Waals surface area contributed by atoms with Crippen LogP contribution in [0.3, 0.4) is 0 Å².